The molecule has 0 fully saturated rings. The van der Waals surface area contributed by atoms with Gasteiger partial charge in [-0.1, -0.05) is 24.0 Å². The van der Waals surface area contributed by atoms with Crippen molar-refractivity contribution in [1.82, 2.24) is 0 Å². The first-order valence-electron chi connectivity index (χ1n) is 5.29. The summed E-state index contributed by atoms with van der Waals surface area (Å²) < 4.78 is 0. The van der Waals surface area contributed by atoms with Gasteiger partial charge >= 0.3 is 0 Å². The molecule has 0 atom stereocenters. The highest BCUT2D eigenvalue weighted by molar-refractivity contribution is 7.98. The predicted octanol–water partition coefficient (Wildman–Crippen LogP) is 3.39. The number of hydrogen-bond donors (Lipinski definition) is 1. The Balaban J connectivity index is 2.26. The zero-order chi connectivity index (χ0) is 12.1. The zero-order valence-corrected chi connectivity index (χ0v) is 10.4. The second-order valence-corrected chi connectivity index (χ2v) is 4.49. The number of anilines is 1. The summed E-state index contributed by atoms with van der Waals surface area (Å²) >= 11 is 1.72. The van der Waals surface area contributed by atoms with Gasteiger partial charge in [-0.2, -0.15) is 0 Å². The van der Waals surface area contributed by atoms with Crippen LogP contribution in [-0.2, 0) is 0 Å². The third-order valence-electron chi connectivity index (χ3n) is 2.31. The molecular weight excluding hydrogens is 226 g/mol. The van der Waals surface area contributed by atoms with Gasteiger partial charge in [0.25, 0.3) is 0 Å². The molecular formula is C15H13NS. The van der Waals surface area contributed by atoms with Crippen molar-refractivity contribution in [2.75, 3.05) is 12.0 Å². The Labute approximate surface area is 106 Å². The predicted molar refractivity (Wildman–Crippen MR) is 75.1 cm³/mol. The first-order chi connectivity index (χ1) is 8.28. The van der Waals surface area contributed by atoms with E-state index in [-0.39, 0.29) is 0 Å². The van der Waals surface area contributed by atoms with Crippen LogP contribution in [0.3, 0.4) is 0 Å². The highest BCUT2D eigenvalue weighted by Crippen LogP contribution is 2.15. The van der Waals surface area contributed by atoms with Gasteiger partial charge in [0.1, 0.15) is 0 Å². The van der Waals surface area contributed by atoms with Gasteiger partial charge in [-0.15, -0.1) is 11.8 Å². The Morgan fingerprint density at radius 1 is 0.941 bits per heavy atom. The number of nitrogens with two attached hydrogens (primary N) is 1. The Bertz CT molecular complexity index is 579. The number of thioether (sulfide) groups is 1. The molecule has 2 N–H and O–H groups in total. The minimum Gasteiger partial charge on any atom is -0.399 e. The molecule has 0 unspecified atom stereocenters. The van der Waals surface area contributed by atoms with Crippen LogP contribution in [0.1, 0.15) is 11.1 Å². The molecule has 0 bridgehead atoms. The van der Waals surface area contributed by atoms with Gasteiger partial charge in [0.15, 0.2) is 0 Å². The summed E-state index contributed by atoms with van der Waals surface area (Å²) in [4.78, 5) is 1.23. The van der Waals surface area contributed by atoms with Gasteiger partial charge in [0.05, 0.1) is 0 Å². The Morgan fingerprint density at radius 2 is 1.59 bits per heavy atom. The third kappa shape index (κ3) is 3.30. The number of nitrogen functional groups attached to an aromatic ring is 1. The summed E-state index contributed by atoms with van der Waals surface area (Å²) in [6.07, 6.45) is 2.06. The molecule has 2 aromatic rings. The molecule has 2 heteroatoms. The van der Waals surface area contributed by atoms with E-state index in [2.05, 4.69) is 30.2 Å². The molecule has 0 aliphatic rings. The van der Waals surface area contributed by atoms with E-state index in [4.69, 9.17) is 5.73 Å². The van der Waals surface area contributed by atoms with E-state index in [0.29, 0.717) is 0 Å². The van der Waals surface area contributed by atoms with Crippen molar-refractivity contribution in [3.8, 4) is 11.8 Å². The summed E-state index contributed by atoms with van der Waals surface area (Å²) in [6, 6.07) is 15.8. The molecule has 17 heavy (non-hydrogen) atoms. The second-order valence-electron chi connectivity index (χ2n) is 3.61. The highest BCUT2D eigenvalue weighted by atomic mass is 32.2. The SMILES string of the molecule is CSc1cccc(C#Cc2cccc(N)c2)c1. The van der Waals surface area contributed by atoms with Gasteiger partial charge in [0, 0.05) is 21.7 Å². The largest absolute Gasteiger partial charge is 0.399 e. The Morgan fingerprint density at radius 3 is 2.24 bits per heavy atom. The van der Waals surface area contributed by atoms with Gasteiger partial charge in [-0.3, -0.25) is 0 Å². The maximum absolute atomic E-state index is 5.70. The minimum absolute atomic E-state index is 0.745. The molecule has 1 nitrogen and oxygen atoms in total. The fourth-order valence-corrected chi connectivity index (χ4v) is 1.92. The van der Waals surface area contributed by atoms with Crippen LogP contribution in [0, 0.1) is 11.8 Å². The summed E-state index contributed by atoms with van der Waals surface area (Å²) in [6.45, 7) is 0. The lowest BCUT2D eigenvalue weighted by atomic mass is 10.1. The summed E-state index contributed by atoms with van der Waals surface area (Å²) in [5.74, 6) is 6.26. The topological polar surface area (TPSA) is 26.0 Å². The molecule has 0 aliphatic heterocycles. The second kappa shape index (κ2) is 5.47. The first-order valence-corrected chi connectivity index (χ1v) is 6.52. The molecule has 0 saturated carbocycles. The lowest BCUT2D eigenvalue weighted by molar-refractivity contribution is 1.44. The lowest BCUT2D eigenvalue weighted by Crippen LogP contribution is -1.84. The maximum Gasteiger partial charge on any atom is 0.0326 e. The van der Waals surface area contributed by atoms with E-state index < -0.39 is 0 Å². The van der Waals surface area contributed by atoms with Crippen LogP contribution in [0.15, 0.2) is 53.4 Å². The molecule has 0 aromatic heterocycles. The average molecular weight is 239 g/mol. The van der Waals surface area contributed by atoms with Crippen LogP contribution in [0.25, 0.3) is 0 Å². The average Bonchev–Trinajstić information content (AvgIpc) is 2.37. The molecule has 2 rings (SSSR count). The van der Waals surface area contributed by atoms with E-state index in [9.17, 15) is 0 Å². The summed E-state index contributed by atoms with van der Waals surface area (Å²) in [5, 5.41) is 0. The van der Waals surface area contributed by atoms with Gasteiger partial charge < -0.3 is 5.73 Å². The smallest absolute Gasteiger partial charge is 0.0326 e. The molecule has 0 radical (unpaired) electrons. The normalized spacial score (nSPS) is 9.47. The Kier molecular flexibility index (Phi) is 3.74. The highest BCUT2D eigenvalue weighted by Gasteiger charge is 1.91. The van der Waals surface area contributed by atoms with E-state index >= 15 is 0 Å². The van der Waals surface area contributed by atoms with E-state index in [1.165, 1.54) is 4.90 Å². The molecule has 0 spiro atoms. The van der Waals surface area contributed by atoms with Crippen molar-refractivity contribution >= 4 is 17.4 Å². The number of benzene rings is 2. The van der Waals surface area contributed by atoms with E-state index in [0.717, 1.165) is 16.8 Å². The van der Waals surface area contributed by atoms with Crippen LogP contribution in [0.5, 0.6) is 0 Å². The first kappa shape index (κ1) is 11.6. The molecule has 0 amide bonds. The van der Waals surface area contributed by atoms with Gasteiger partial charge in [-0.05, 0) is 42.7 Å². The third-order valence-corrected chi connectivity index (χ3v) is 3.03. The van der Waals surface area contributed by atoms with Crippen molar-refractivity contribution in [2.24, 2.45) is 0 Å². The van der Waals surface area contributed by atoms with Crippen LogP contribution >= 0.6 is 11.8 Å². The molecule has 2 aromatic carbocycles. The summed E-state index contributed by atoms with van der Waals surface area (Å²) in [5.41, 5.74) is 8.42. The standard InChI is InChI=1S/C15H13NS/c1-17-15-7-3-5-13(11-15)9-8-12-4-2-6-14(16)10-12/h2-7,10-11H,16H2,1H3. The number of hydrogen-bond acceptors (Lipinski definition) is 2. The molecule has 84 valence electrons. The fourth-order valence-electron chi connectivity index (χ4n) is 1.46. The quantitative estimate of drug-likeness (QED) is 0.469. The van der Waals surface area contributed by atoms with Crippen LogP contribution in [-0.4, -0.2) is 6.26 Å². The van der Waals surface area contributed by atoms with Crippen molar-refractivity contribution in [2.45, 2.75) is 4.90 Å². The maximum atomic E-state index is 5.70. The molecule has 0 aliphatic carbocycles. The monoisotopic (exact) mass is 239 g/mol. The van der Waals surface area contributed by atoms with Crippen LogP contribution in [0.4, 0.5) is 5.69 Å². The molecule has 0 heterocycles. The molecule has 0 saturated heterocycles. The van der Waals surface area contributed by atoms with Gasteiger partial charge in [0.2, 0.25) is 0 Å². The summed E-state index contributed by atoms with van der Waals surface area (Å²) in [7, 11) is 0. The van der Waals surface area contributed by atoms with E-state index in [1.54, 1.807) is 11.8 Å². The van der Waals surface area contributed by atoms with Crippen molar-refractivity contribution in [3.05, 3.63) is 59.7 Å². The minimum atomic E-state index is 0.745. The van der Waals surface area contributed by atoms with E-state index in [1.807, 2.05) is 36.4 Å². The van der Waals surface area contributed by atoms with Crippen molar-refractivity contribution in [3.63, 3.8) is 0 Å². The van der Waals surface area contributed by atoms with Crippen LogP contribution < -0.4 is 5.73 Å². The van der Waals surface area contributed by atoms with Crippen molar-refractivity contribution < 1.29 is 0 Å². The Hall–Kier alpha value is -1.85. The zero-order valence-electron chi connectivity index (χ0n) is 9.60. The van der Waals surface area contributed by atoms with Crippen molar-refractivity contribution in [1.29, 1.82) is 0 Å². The lowest BCUT2D eigenvalue weighted by Gasteiger charge is -1.96. The fraction of sp³-hybridized carbons (Fsp3) is 0.0667. The number of rotatable bonds is 1. The van der Waals surface area contributed by atoms with Crippen LogP contribution in [0.2, 0.25) is 0 Å². The van der Waals surface area contributed by atoms with Gasteiger partial charge in [-0.25, -0.2) is 0 Å².